The van der Waals surface area contributed by atoms with Crippen LogP contribution in [0.15, 0.2) is 12.3 Å². The van der Waals surface area contributed by atoms with Crippen LogP contribution < -0.4 is 0 Å². The summed E-state index contributed by atoms with van der Waals surface area (Å²) in [4.78, 5) is 2.24. The lowest BCUT2D eigenvalue weighted by Gasteiger charge is -2.29. The molecule has 0 aromatic heterocycles. The Balaban J connectivity index is 1.83. The van der Waals surface area contributed by atoms with Crippen molar-refractivity contribution in [1.29, 1.82) is 0 Å². The molecule has 3 heteroatoms. The molecule has 0 aliphatic carbocycles. The summed E-state index contributed by atoms with van der Waals surface area (Å²) in [5.41, 5.74) is 0. The maximum absolute atomic E-state index is 5.30. The first-order valence-electron chi connectivity index (χ1n) is 3.97. The molecule has 0 N–H and O–H groups in total. The Kier molecular flexibility index (Phi) is 2.10. The van der Waals surface area contributed by atoms with Crippen LogP contribution in [-0.2, 0) is 9.47 Å². The Bertz CT molecular complexity index is 144. The molecule has 0 spiro atoms. The summed E-state index contributed by atoms with van der Waals surface area (Å²) in [5.74, 6) is 0. The Labute approximate surface area is 66.6 Å². The molecule has 11 heavy (non-hydrogen) atoms. The highest BCUT2D eigenvalue weighted by Crippen LogP contribution is 2.21. The van der Waals surface area contributed by atoms with E-state index in [4.69, 9.17) is 9.47 Å². The maximum Gasteiger partial charge on any atom is 0.220 e. The van der Waals surface area contributed by atoms with E-state index in [2.05, 4.69) is 4.90 Å². The lowest BCUT2D eigenvalue weighted by molar-refractivity contribution is 0.000812. The molecule has 2 rings (SSSR count). The standard InChI is InChI=1S/C8H12NO2/c1-2-8(11-5-1)9-3-6-10-7-4-9/h1,5H,2-4,6-7H2. The van der Waals surface area contributed by atoms with Crippen LogP contribution >= 0.6 is 0 Å². The van der Waals surface area contributed by atoms with Crippen LogP contribution in [-0.4, -0.2) is 31.2 Å². The quantitative estimate of drug-likeness (QED) is 0.556. The fourth-order valence-electron chi connectivity index (χ4n) is 1.34. The summed E-state index contributed by atoms with van der Waals surface area (Å²) in [5, 5.41) is 0. The van der Waals surface area contributed by atoms with Gasteiger partial charge in [0.15, 0.2) is 0 Å². The minimum atomic E-state index is 0.826. The van der Waals surface area contributed by atoms with Crippen LogP contribution in [0.3, 0.4) is 0 Å². The molecule has 1 radical (unpaired) electrons. The van der Waals surface area contributed by atoms with Gasteiger partial charge in [0, 0.05) is 19.5 Å². The minimum Gasteiger partial charge on any atom is -0.474 e. The van der Waals surface area contributed by atoms with Crippen molar-refractivity contribution in [3.8, 4) is 0 Å². The number of morpholine rings is 1. The maximum atomic E-state index is 5.30. The van der Waals surface area contributed by atoms with Crippen molar-refractivity contribution in [2.75, 3.05) is 26.3 Å². The van der Waals surface area contributed by atoms with E-state index in [1.807, 2.05) is 6.08 Å². The van der Waals surface area contributed by atoms with Gasteiger partial charge in [-0.25, -0.2) is 0 Å². The highest BCUT2D eigenvalue weighted by atomic mass is 16.5. The monoisotopic (exact) mass is 154 g/mol. The van der Waals surface area contributed by atoms with E-state index in [9.17, 15) is 0 Å². The molecule has 0 atom stereocenters. The van der Waals surface area contributed by atoms with E-state index in [1.165, 1.54) is 0 Å². The third-order valence-electron chi connectivity index (χ3n) is 1.96. The van der Waals surface area contributed by atoms with Gasteiger partial charge in [0.2, 0.25) is 6.23 Å². The number of hydrogen-bond donors (Lipinski definition) is 0. The number of nitrogens with zero attached hydrogens (tertiary/aromatic N) is 1. The molecule has 0 unspecified atom stereocenters. The van der Waals surface area contributed by atoms with Gasteiger partial charge in [-0.1, -0.05) is 0 Å². The van der Waals surface area contributed by atoms with E-state index >= 15 is 0 Å². The molecule has 3 nitrogen and oxygen atoms in total. The molecule has 2 aliphatic rings. The van der Waals surface area contributed by atoms with Gasteiger partial charge in [-0.3, -0.25) is 4.90 Å². The third-order valence-corrected chi connectivity index (χ3v) is 1.96. The molecule has 2 aliphatic heterocycles. The molecule has 0 amide bonds. The summed E-state index contributed by atoms with van der Waals surface area (Å²) in [6, 6.07) is 0. The van der Waals surface area contributed by atoms with E-state index in [0.29, 0.717) is 0 Å². The average molecular weight is 154 g/mol. The van der Waals surface area contributed by atoms with Crippen molar-refractivity contribution in [2.24, 2.45) is 0 Å². The zero-order chi connectivity index (χ0) is 7.52. The minimum absolute atomic E-state index is 0.826. The normalized spacial score (nSPS) is 27.3. The molecule has 1 fully saturated rings. The van der Waals surface area contributed by atoms with Gasteiger partial charge in [-0.15, -0.1) is 0 Å². The van der Waals surface area contributed by atoms with Gasteiger partial charge in [-0.05, 0) is 6.08 Å². The predicted octanol–water partition coefficient (Wildman–Crippen LogP) is 0.742. The Hall–Kier alpha value is -0.540. The third kappa shape index (κ3) is 1.54. The first-order chi connectivity index (χ1) is 5.47. The summed E-state index contributed by atoms with van der Waals surface area (Å²) in [7, 11) is 0. The number of hydrogen-bond acceptors (Lipinski definition) is 3. The zero-order valence-electron chi connectivity index (χ0n) is 6.45. The van der Waals surface area contributed by atoms with Crippen LogP contribution in [0.4, 0.5) is 0 Å². The predicted molar refractivity (Wildman–Crippen MR) is 40.5 cm³/mol. The van der Waals surface area contributed by atoms with E-state index in [-0.39, 0.29) is 0 Å². The summed E-state index contributed by atoms with van der Waals surface area (Å²) in [6.07, 6.45) is 5.81. The van der Waals surface area contributed by atoms with Crippen molar-refractivity contribution in [3.05, 3.63) is 18.6 Å². The van der Waals surface area contributed by atoms with Crippen LogP contribution in [0.25, 0.3) is 0 Å². The molecule has 0 aromatic carbocycles. The van der Waals surface area contributed by atoms with Gasteiger partial charge >= 0.3 is 0 Å². The lowest BCUT2D eigenvalue weighted by atomic mass is 10.3. The molecule has 2 heterocycles. The molecular formula is C8H12NO2. The lowest BCUT2D eigenvalue weighted by Crippen LogP contribution is -2.38. The zero-order valence-corrected chi connectivity index (χ0v) is 6.45. The molecule has 0 aromatic rings. The van der Waals surface area contributed by atoms with Crippen molar-refractivity contribution in [2.45, 2.75) is 6.42 Å². The molecule has 0 bridgehead atoms. The van der Waals surface area contributed by atoms with Gasteiger partial charge < -0.3 is 9.47 Å². The van der Waals surface area contributed by atoms with Crippen molar-refractivity contribution in [3.63, 3.8) is 0 Å². The highest BCUT2D eigenvalue weighted by Gasteiger charge is 2.24. The van der Waals surface area contributed by atoms with E-state index < -0.39 is 0 Å². The highest BCUT2D eigenvalue weighted by molar-refractivity contribution is 4.98. The van der Waals surface area contributed by atoms with Crippen LogP contribution in [0.2, 0.25) is 0 Å². The molecule has 1 saturated heterocycles. The second-order valence-corrected chi connectivity index (χ2v) is 2.69. The molecular weight excluding hydrogens is 142 g/mol. The van der Waals surface area contributed by atoms with Gasteiger partial charge in [0.1, 0.15) is 0 Å². The second kappa shape index (κ2) is 3.24. The van der Waals surface area contributed by atoms with Crippen molar-refractivity contribution >= 4 is 0 Å². The van der Waals surface area contributed by atoms with E-state index in [0.717, 1.165) is 39.0 Å². The smallest absolute Gasteiger partial charge is 0.220 e. The van der Waals surface area contributed by atoms with E-state index in [1.54, 1.807) is 6.26 Å². The van der Waals surface area contributed by atoms with Gasteiger partial charge in [-0.2, -0.15) is 0 Å². The fourth-order valence-corrected chi connectivity index (χ4v) is 1.34. The van der Waals surface area contributed by atoms with Crippen LogP contribution in [0, 0.1) is 6.23 Å². The number of ether oxygens (including phenoxy) is 2. The van der Waals surface area contributed by atoms with Gasteiger partial charge in [0.05, 0.1) is 19.5 Å². The Morgan fingerprint density at radius 2 is 2.09 bits per heavy atom. The van der Waals surface area contributed by atoms with Crippen molar-refractivity contribution in [1.82, 2.24) is 4.90 Å². The summed E-state index contributed by atoms with van der Waals surface area (Å²) in [6.45, 7) is 3.59. The first-order valence-corrected chi connectivity index (χ1v) is 3.97. The molecule has 0 saturated carbocycles. The number of rotatable bonds is 1. The SMILES string of the molecule is C1=CO[C](N2CCOCC2)C1. The molecule has 61 valence electrons. The average Bonchev–Trinajstić information content (AvgIpc) is 2.58. The first kappa shape index (κ1) is 7.13. The Morgan fingerprint density at radius 1 is 1.27 bits per heavy atom. The fraction of sp³-hybridized carbons (Fsp3) is 0.625. The van der Waals surface area contributed by atoms with Crippen LogP contribution in [0.5, 0.6) is 0 Å². The topological polar surface area (TPSA) is 21.7 Å². The summed E-state index contributed by atoms with van der Waals surface area (Å²) >= 11 is 0. The van der Waals surface area contributed by atoms with Crippen LogP contribution in [0.1, 0.15) is 6.42 Å². The summed E-state index contributed by atoms with van der Waals surface area (Å²) < 4.78 is 10.5. The van der Waals surface area contributed by atoms with Crippen molar-refractivity contribution < 1.29 is 9.47 Å². The van der Waals surface area contributed by atoms with Gasteiger partial charge in [0.25, 0.3) is 0 Å². The second-order valence-electron chi connectivity index (χ2n) is 2.69. The Morgan fingerprint density at radius 3 is 2.73 bits per heavy atom. The largest absolute Gasteiger partial charge is 0.474 e.